The first-order chi connectivity index (χ1) is 10.8. The summed E-state index contributed by atoms with van der Waals surface area (Å²) in [7, 11) is 1.89. The number of hydrogen-bond acceptors (Lipinski definition) is 3. The topological polar surface area (TPSA) is 38.9 Å². The molecule has 3 heterocycles. The summed E-state index contributed by atoms with van der Waals surface area (Å²) in [6.45, 7) is 4.72. The number of benzene rings is 1. The summed E-state index contributed by atoms with van der Waals surface area (Å²) < 4.78 is 4.09. The van der Waals surface area contributed by atoms with Crippen molar-refractivity contribution in [1.29, 1.82) is 0 Å². The van der Waals surface area contributed by atoms with Crippen LogP contribution >= 0.6 is 0 Å². The van der Waals surface area contributed by atoms with Crippen molar-refractivity contribution in [3.63, 3.8) is 0 Å². The average molecular weight is 295 g/mol. The van der Waals surface area contributed by atoms with Crippen LogP contribution in [0.25, 0.3) is 22.3 Å². The average Bonchev–Trinajstić information content (AvgIpc) is 3.25. The smallest absolute Gasteiger partial charge is 0.181 e. The summed E-state index contributed by atoms with van der Waals surface area (Å²) in [5.41, 5.74) is 2.37. The Labute approximate surface area is 130 Å². The lowest BCUT2D eigenvalue weighted by Crippen LogP contribution is -2.23. The maximum absolute atomic E-state index is 4.38. The minimum absolute atomic E-state index is 0.786. The first-order valence-corrected chi connectivity index (χ1v) is 7.97. The molecule has 0 unspecified atom stereocenters. The minimum Gasteiger partial charge on any atom is -0.346 e. The molecular weight excluding hydrogens is 274 g/mol. The van der Waals surface area contributed by atoms with E-state index in [-0.39, 0.29) is 0 Å². The predicted molar refractivity (Wildman–Crippen MR) is 87.6 cm³/mol. The molecule has 0 radical (unpaired) electrons. The third kappa shape index (κ3) is 2.52. The van der Waals surface area contributed by atoms with Gasteiger partial charge in [0.15, 0.2) is 5.82 Å². The molecule has 1 aliphatic heterocycles. The quantitative estimate of drug-likeness (QED) is 0.742. The second-order valence-corrected chi connectivity index (χ2v) is 6.07. The molecule has 1 aromatic carbocycles. The van der Waals surface area contributed by atoms with Crippen LogP contribution in [0.15, 0.2) is 36.8 Å². The lowest BCUT2D eigenvalue weighted by Gasteiger charge is -2.15. The molecule has 3 aromatic rings. The molecule has 1 fully saturated rings. The summed E-state index contributed by atoms with van der Waals surface area (Å²) in [5.74, 6) is 0.786. The van der Waals surface area contributed by atoms with Crippen molar-refractivity contribution in [1.82, 2.24) is 24.2 Å². The van der Waals surface area contributed by atoms with Gasteiger partial charge in [0.1, 0.15) is 6.33 Å². The van der Waals surface area contributed by atoms with Crippen LogP contribution in [0, 0.1) is 0 Å². The number of nitrogens with zero attached hydrogens (tertiary/aromatic N) is 5. The number of hydrogen-bond donors (Lipinski definition) is 0. The van der Waals surface area contributed by atoms with Gasteiger partial charge in [-0.15, -0.1) is 0 Å². The van der Waals surface area contributed by atoms with Crippen LogP contribution < -0.4 is 0 Å². The molecule has 0 N–H and O–H groups in total. The van der Waals surface area contributed by atoms with E-state index in [0.717, 1.165) is 24.5 Å². The number of fused-ring (bicyclic) bond motifs is 1. The Hall–Kier alpha value is -2.14. The molecule has 0 spiro atoms. The minimum atomic E-state index is 0.786. The molecule has 2 aromatic heterocycles. The van der Waals surface area contributed by atoms with E-state index >= 15 is 0 Å². The van der Waals surface area contributed by atoms with Crippen LogP contribution in [0.2, 0.25) is 0 Å². The van der Waals surface area contributed by atoms with Gasteiger partial charge in [-0.05, 0) is 50.2 Å². The van der Waals surface area contributed by atoms with Crippen molar-refractivity contribution in [3.05, 3.63) is 36.8 Å². The van der Waals surface area contributed by atoms with Gasteiger partial charge in [-0.1, -0.05) is 0 Å². The predicted octanol–water partition coefficient (Wildman–Crippen LogP) is 2.53. The van der Waals surface area contributed by atoms with Gasteiger partial charge in [0.05, 0.1) is 0 Å². The van der Waals surface area contributed by atoms with Gasteiger partial charge in [-0.2, -0.15) is 5.10 Å². The van der Waals surface area contributed by atoms with Gasteiger partial charge in [0, 0.05) is 42.8 Å². The van der Waals surface area contributed by atoms with Crippen molar-refractivity contribution >= 4 is 10.9 Å². The van der Waals surface area contributed by atoms with Gasteiger partial charge in [0.25, 0.3) is 0 Å². The lowest BCUT2D eigenvalue weighted by molar-refractivity contribution is 0.324. The second kappa shape index (κ2) is 5.57. The van der Waals surface area contributed by atoms with E-state index in [2.05, 4.69) is 50.0 Å². The summed E-state index contributed by atoms with van der Waals surface area (Å²) in [6, 6.07) is 8.66. The fourth-order valence-electron chi connectivity index (χ4n) is 3.26. The van der Waals surface area contributed by atoms with Gasteiger partial charge < -0.3 is 9.47 Å². The van der Waals surface area contributed by atoms with Crippen LogP contribution in [-0.4, -0.2) is 43.9 Å². The van der Waals surface area contributed by atoms with Crippen molar-refractivity contribution in [2.75, 3.05) is 19.6 Å². The van der Waals surface area contributed by atoms with E-state index < -0.39 is 0 Å². The fourth-order valence-corrected chi connectivity index (χ4v) is 3.26. The van der Waals surface area contributed by atoms with E-state index in [0.29, 0.717) is 0 Å². The zero-order valence-corrected chi connectivity index (χ0v) is 12.9. The Morgan fingerprint density at radius 1 is 1.09 bits per heavy atom. The molecule has 22 heavy (non-hydrogen) atoms. The molecule has 5 nitrogen and oxygen atoms in total. The van der Waals surface area contributed by atoms with E-state index in [1.165, 1.54) is 36.8 Å². The van der Waals surface area contributed by atoms with Crippen LogP contribution in [0.4, 0.5) is 0 Å². The standard InChI is InChI=1S/C17H21N5/c1-20-13-18-17(19-20)15-4-5-16-14(12-15)6-9-22(16)11-10-21-7-2-3-8-21/h4-6,9,12-13H,2-3,7-8,10-11H2,1H3. The van der Waals surface area contributed by atoms with Crippen LogP contribution in [-0.2, 0) is 13.6 Å². The van der Waals surface area contributed by atoms with Gasteiger partial charge >= 0.3 is 0 Å². The Balaban J connectivity index is 1.57. The molecule has 1 saturated heterocycles. The molecular formula is C17H21N5. The SMILES string of the molecule is Cn1cnc(-c2ccc3c(ccn3CCN3CCCC3)c2)n1. The van der Waals surface area contributed by atoms with E-state index in [1.54, 1.807) is 11.0 Å². The van der Waals surface area contributed by atoms with E-state index in [4.69, 9.17) is 0 Å². The number of aryl methyl sites for hydroxylation is 1. The summed E-state index contributed by atoms with van der Waals surface area (Å²) in [4.78, 5) is 6.88. The molecule has 0 amide bonds. The van der Waals surface area contributed by atoms with Crippen LogP contribution in [0.3, 0.4) is 0 Å². The van der Waals surface area contributed by atoms with Crippen molar-refractivity contribution in [2.24, 2.45) is 7.05 Å². The largest absolute Gasteiger partial charge is 0.346 e. The molecule has 0 atom stereocenters. The third-order valence-electron chi connectivity index (χ3n) is 4.48. The third-order valence-corrected chi connectivity index (χ3v) is 4.48. The molecule has 114 valence electrons. The van der Waals surface area contributed by atoms with Crippen LogP contribution in [0.5, 0.6) is 0 Å². The molecule has 0 saturated carbocycles. The lowest BCUT2D eigenvalue weighted by atomic mass is 10.1. The van der Waals surface area contributed by atoms with Crippen molar-refractivity contribution in [3.8, 4) is 11.4 Å². The Morgan fingerprint density at radius 3 is 2.73 bits per heavy atom. The highest BCUT2D eigenvalue weighted by Crippen LogP contribution is 2.23. The Bertz CT molecular complexity index is 779. The van der Waals surface area contributed by atoms with E-state index in [1.807, 2.05) is 7.05 Å². The van der Waals surface area contributed by atoms with Crippen molar-refractivity contribution in [2.45, 2.75) is 19.4 Å². The molecule has 1 aliphatic rings. The van der Waals surface area contributed by atoms with E-state index in [9.17, 15) is 0 Å². The number of aromatic nitrogens is 4. The van der Waals surface area contributed by atoms with Crippen LogP contribution in [0.1, 0.15) is 12.8 Å². The maximum Gasteiger partial charge on any atom is 0.181 e. The zero-order chi connectivity index (χ0) is 14.9. The Morgan fingerprint density at radius 2 is 1.95 bits per heavy atom. The highest BCUT2D eigenvalue weighted by atomic mass is 15.3. The number of rotatable bonds is 4. The fraction of sp³-hybridized carbons (Fsp3) is 0.412. The molecule has 0 bridgehead atoms. The molecule has 5 heteroatoms. The van der Waals surface area contributed by atoms with Gasteiger partial charge in [0.2, 0.25) is 0 Å². The van der Waals surface area contributed by atoms with Gasteiger partial charge in [-0.25, -0.2) is 4.98 Å². The molecule has 0 aliphatic carbocycles. The second-order valence-electron chi connectivity index (χ2n) is 6.07. The highest BCUT2D eigenvalue weighted by molar-refractivity contribution is 5.84. The zero-order valence-electron chi connectivity index (χ0n) is 12.9. The number of likely N-dealkylation sites (tertiary alicyclic amines) is 1. The first-order valence-electron chi connectivity index (χ1n) is 7.97. The maximum atomic E-state index is 4.38. The van der Waals surface area contributed by atoms with Crippen molar-refractivity contribution < 1.29 is 0 Å². The summed E-state index contributed by atoms with van der Waals surface area (Å²) >= 11 is 0. The normalized spacial score (nSPS) is 15.9. The Kier molecular flexibility index (Phi) is 3.42. The summed E-state index contributed by atoms with van der Waals surface area (Å²) in [6.07, 6.45) is 6.64. The molecule has 4 rings (SSSR count). The first kappa shape index (κ1) is 13.5. The highest BCUT2D eigenvalue weighted by Gasteiger charge is 2.12. The van der Waals surface area contributed by atoms with Gasteiger partial charge in [-0.3, -0.25) is 4.68 Å². The monoisotopic (exact) mass is 295 g/mol. The summed E-state index contributed by atoms with van der Waals surface area (Å²) in [5, 5.41) is 5.63.